The standard InChI is InChI=1S/C13H22O4/c1-10(2)11(9-12(14)15-4)5-6-13(3)16-7-8-17-13/h11H,1,5-9H2,2-4H3/t11-/m0/s1. The molecule has 1 atom stereocenters. The second kappa shape index (κ2) is 6.17. The second-order valence-corrected chi connectivity index (χ2v) is 4.69. The predicted octanol–water partition coefficient (Wildman–Crippen LogP) is 2.29. The van der Waals surface area contributed by atoms with Crippen LogP contribution in [0.25, 0.3) is 0 Å². The van der Waals surface area contributed by atoms with Gasteiger partial charge in [0.1, 0.15) is 0 Å². The zero-order valence-corrected chi connectivity index (χ0v) is 11.0. The third kappa shape index (κ3) is 4.48. The van der Waals surface area contributed by atoms with E-state index in [0.717, 1.165) is 18.4 Å². The zero-order valence-electron chi connectivity index (χ0n) is 11.0. The van der Waals surface area contributed by atoms with E-state index in [-0.39, 0.29) is 11.9 Å². The molecule has 0 aromatic carbocycles. The molecule has 1 aliphatic rings. The van der Waals surface area contributed by atoms with Gasteiger partial charge in [0.15, 0.2) is 5.79 Å². The second-order valence-electron chi connectivity index (χ2n) is 4.69. The van der Waals surface area contributed by atoms with Crippen molar-refractivity contribution in [3.05, 3.63) is 12.2 Å². The summed E-state index contributed by atoms with van der Waals surface area (Å²) >= 11 is 0. The molecular weight excluding hydrogens is 220 g/mol. The fourth-order valence-corrected chi connectivity index (χ4v) is 1.94. The van der Waals surface area contributed by atoms with Crippen LogP contribution in [0.5, 0.6) is 0 Å². The monoisotopic (exact) mass is 242 g/mol. The van der Waals surface area contributed by atoms with Crippen LogP contribution in [0.15, 0.2) is 12.2 Å². The topological polar surface area (TPSA) is 44.8 Å². The fourth-order valence-electron chi connectivity index (χ4n) is 1.94. The van der Waals surface area contributed by atoms with Gasteiger partial charge in [0.05, 0.1) is 26.7 Å². The van der Waals surface area contributed by atoms with Crippen molar-refractivity contribution < 1.29 is 19.0 Å². The van der Waals surface area contributed by atoms with Crippen molar-refractivity contribution in [2.75, 3.05) is 20.3 Å². The molecule has 0 aliphatic carbocycles. The number of carbonyl (C=O) groups excluding carboxylic acids is 1. The number of ether oxygens (including phenoxy) is 3. The lowest BCUT2D eigenvalue weighted by Gasteiger charge is -2.25. The van der Waals surface area contributed by atoms with Crippen LogP contribution in [0.2, 0.25) is 0 Å². The highest BCUT2D eigenvalue weighted by atomic mass is 16.7. The van der Waals surface area contributed by atoms with Gasteiger partial charge in [-0.3, -0.25) is 4.79 Å². The van der Waals surface area contributed by atoms with Crippen LogP contribution in [0, 0.1) is 5.92 Å². The number of esters is 1. The molecule has 4 nitrogen and oxygen atoms in total. The van der Waals surface area contributed by atoms with Gasteiger partial charge < -0.3 is 14.2 Å². The number of allylic oxidation sites excluding steroid dienone is 1. The lowest BCUT2D eigenvalue weighted by Crippen LogP contribution is -2.26. The minimum absolute atomic E-state index is 0.132. The first-order chi connectivity index (χ1) is 7.97. The Morgan fingerprint density at radius 3 is 2.53 bits per heavy atom. The summed E-state index contributed by atoms with van der Waals surface area (Å²) in [5.74, 6) is -0.562. The molecule has 0 saturated carbocycles. The zero-order chi connectivity index (χ0) is 12.9. The Bertz CT molecular complexity index is 279. The van der Waals surface area contributed by atoms with Gasteiger partial charge in [-0.1, -0.05) is 12.2 Å². The van der Waals surface area contributed by atoms with Gasteiger partial charge in [0, 0.05) is 6.42 Å². The van der Waals surface area contributed by atoms with Gasteiger partial charge in [0.2, 0.25) is 0 Å². The van der Waals surface area contributed by atoms with Crippen molar-refractivity contribution in [2.24, 2.45) is 5.92 Å². The van der Waals surface area contributed by atoms with E-state index in [2.05, 4.69) is 11.3 Å². The molecule has 0 radical (unpaired) electrons. The van der Waals surface area contributed by atoms with E-state index in [1.54, 1.807) is 0 Å². The quantitative estimate of drug-likeness (QED) is 0.529. The van der Waals surface area contributed by atoms with Crippen LogP contribution in [-0.4, -0.2) is 32.1 Å². The van der Waals surface area contributed by atoms with Gasteiger partial charge in [-0.25, -0.2) is 0 Å². The molecule has 1 aliphatic heterocycles. The molecule has 98 valence electrons. The van der Waals surface area contributed by atoms with Gasteiger partial charge in [-0.05, 0) is 26.2 Å². The van der Waals surface area contributed by atoms with Crippen LogP contribution in [0.4, 0.5) is 0 Å². The number of hydrogen-bond acceptors (Lipinski definition) is 4. The Kier molecular flexibility index (Phi) is 5.15. The summed E-state index contributed by atoms with van der Waals surface area (Å²) in [7, 11) is 1.41. The van der Waals surface area contributed by atoms with Crippen LogP contribution < -0.4 is 0 Å². The third-order valence-electron chi connectivity index (χ3n) is 3.18. The third-order valence-corrected chi connectivity index (χ3v) is 3.18. The van der Waals surface area contributed by atoms with E-state index in [9.17, 15) is 4.79 Å². The van der Waals surface area contributed by atoms with Crippen molar-refractivity contribution >= 4 is 5.97 Å². The molecule has 0 bridgehead atoms. The summed E-state index contributed by atoms with van der Waals surface area (Å²) in [4.78, 5) is 11.3. The maximum Gasteiger partial charge on any atom is 0.306 e. The van der Waals surface area contributed by atoms with Crippen molar-refractivity contribution in [2.45, 2.75) is 38.9 Å². The van der Waals surface area contributed by atoms with Crippen molar-refractivity contribution in [3.8, 4) is 0 Å². The van der Waals surface area contributed by atoms with Gasteiger partial charge in [-0.2, -0.15) is 0 Å². The van der Waals surface area contributed by atoms with Crippen molar-refractivity contribution in [1.82, 2.24) is 0 Å². The highest BCUT2D eigenvalue weighted by Crippen LogP contribution is 2.29. The molecule has 0 spiro atoms. The number of methoxy groups -OCH3 is 1. The summed E-state index contributed by atoms with van der Waals surface area (Å²) in [6.07, 6.45) is 1.96. The molecule has 0 unspecified atom stereocenters. The van der Waals surface area contributed by atoms with Crippen LogP contribution in [0.3, 0.4) is 0 Å². The summed E-state index contributed by atoms with van der Waals surface area (Å²) < 4.78 is 15.8. The maximum atomic E-state index is 11.3. The molecule has 0 N–H and O–H groups in total. The lowest BCUT2D eigenvalue weighted by molar-refractivity contribution is -0.151. The average Bonchev–Trinajstić information content (AvgIpc) is 2.71. The van der Waals surface area contributed by atoms with Gasteiger partial charge in [-0.15, -0.1) is 0 Å². The molecule has 0 aromatic rings. The molecule has 1 saturated heterocycles. The first-order valence-electron chi connectivity index (χ1n) is 5.97. The Morgan fingerprint density at radius 1 is 1.47 bits per heavy atom. The minimum Gasteiger partial charge on any atom is -0.469 e. The largest absolute Gasteiger partial charge is 0.469 e. The van der Waals surface area contributed by atoms with E-state index in [0.29, 0.717) is 19.6 Å². The predicted molar refractivity (Wildman–Crippen MR) is 64.5 cm³/mol. The molecule has 0 aromatic heterocycles. The van der Waals surface area contributed by atoms with Crippen molar-refractivity contribution in [3.63, 3.8) is 0 Å². The Labute approximate surface area is 103 Å². The van der Waals surface area contributed by atoms with Crippen LogP contribution >= 0.6 is 0 Å². The Morgan fingerprint density at radius 2 is 2.06 bits per heavy atom. The normalized spacial score (nSPS) is 19.9. The molecule has 1 rings (SSSR count). The average molecular weight is 242 g/mol. The molecule has 17 heavy (non-hydrogen) atoms. The highest BCUT2D eigenvalue weighted by molar-refractivity contribution is 5.69. The van der Waals surface area contributed by atoms with E-state index in [1.165, 1.54) is 7.11 Å². The van der Waals surface area contributed by atoms with E-state index in [1.807, 2.05) is 13.8 Å². The van der Waals surface area contributed by atoms with E-state index >= 15 is 0 Å². The smallest absolute Gasteiger partial charge is 0.306 e. The Balaban J connectivity index is 2.44. The molecular formula is C13H22O4. The molecule has 4 heteroatoms. The van der Waals surface area contributed by atoms with Crippen LogP contribution in [-0.2, 0) is 19.0 Å². The van der Waals surface area contributed by atoms with Gasteiger partial charge >= 0.3 is 5.97 Å². The first-order valence-corrected chi connectivity index (χ1v) is 5.97. The molecule has 1 fully saturated rings. The first kappa shape index (κ1) is 14.2. The minimum atomic E-state index is -0.496. The molecule has 1 heterocycles. The number of carbonyl (C=O) groups is 1. The fraction of sp³-hybridized carbons (Fsp3) is 0.769. The van der Waals surface area contributed by atoms with Gasteiger partial charge in [0.25, 0.3) is 0 Å². The van der Waals surface area contributed by atoms with Crippen molar-refractivity contribution in [1.29, 1.82) is 0 Å². The Hall–Kier alpha value is -0.870. The molecule has 0 amide bonds. The SMILES string of the molecule is C=C(C)[C@@H](CCC1(C)OCCO1)CC(=O)OC. The number of rotatable bonds is 6. The summed E-state index contributed by atoms with van der Waals surface area (Å²) in [5, 5.41) is 0. The van der Waals surface area contributed by atoms with E-state index < -0.39 is 5.79 Å². The van der Waals surface area contributed by atoms with E-state index in [4.69, 9.17) is 9.47 Å². The number of hydrogen-bond donors (Lipinski definition) is 0. The lowest BCUT2D eigenvalue weighted by atomic mass is 9.91. The summed E-state index contributed by atoms with van der Waals surface area (Å²) in [5.41, 5.74) is 0.997. The maximum absolute atomic E-state index is 11.3. The highest BCUT2D eigenvalue weighted by Gasteiger charge is 2.31. The summed E-state index contributed by atoms with van der Waals surface area (Å²) in [6, 6.07) is 0. The van der Waals surface area contributed by atoms with Crippen LogP contribution in [0.1, 0.15) is 33.1 Å². The summed E-state index contributed by atoms with van der Waals surface area (Å²) in [6.45, 7) is 9.08.